The average molecular weight is 442 g/mol. The zero-order valence-corrected chi connectivity index (χ0v) is 16.6. The van der Waals surface area contributed by atoms with Crippen LogP contribution in [0.2, 0.25) is 5.02 Å². The number of halogens is 2. The number of hydrogen-bond acceptors (Lipinski definition) is 4. The second kappa shape index (κ2) is 6.76. The van der Waals surface area contributed by atoms with Gasteiger partial charge in [0.15, 0.2) is 0 Å². The molecule has 7 heteroatoms. The van der Waals surface area contributed by atoms with E-state index in [9.17, 15) is 5.26 Å². The molecule has 0 radical (unpaired) electrons. The molecular formula is C20H14BrClN4O. The quantitative estimate of drug-likeness (QED) is 0.619. The highest BCUT2D eigenvalue weighted by Gasteiger charge is 2.36. The molecule has 27 heavy (non-hydrogen) atoms. The van der Waals surface area contributed by atoms with Crippen molar-refractivity contribution in [3.8, 4) is 17.6 Å². The van der Waals surface area contributed by atoms with Crippen molar-refractivity contribution in [3.63, 3.8) is 0 Å². The van der Waals surface area contributed by atoms with E-state index in [0.717, 1.165) is 27.0 Å². The highest BCUT2D eigenvalue weighted by molar-refractivity contribution is 9.10. The number of fused-ring (bicyclic) bond motifs is 1. The van der Waals surface area contributed by atoms with Crippen molar-refractivity contribution in [3.05, 3.63) is 86.3 Å². The van der Waals surface area contributed by atoms with Crippen molar-refractivity contribution in [2.75, 3.05) is 0 Å². The summed E-state index contributed by atoms with van der Waals surface area (Å²) >= 11 is 9.58. The third-order valence-corrected chi connectivity index (χ3v) is 5.25. The summed E-state index contributed by atoms with van der Waals surface area (Å²) in [6.07, 6.45) is 0. The Kier molecular flexibility index (Phi) is 4.42. The molecule has 2 N–H and O–H groups in total. The van der Waals surface area contributed by atoms with Gasteiger partial charge < -0.3 is 10.5 Å². The molecule has 2 heterocycles. The Bertz CT molecular complexity index is 1110. The minimum absolute atomic E-state index is 0.0843. The molecular weight excluding hydrogens is 428 g/mol. The number of ether oxygens (including phenoxy) is 1. The summed E-state index contributed by atoms with van der Waals surface area (Å²) in [5, 5.41) is 14.9. The molecule has 0 saturated carbocycles. The van der Waals surface area contributed by atoms with Crippen molar-refractivity contribution in [2.45, 2.75) is 12.8 Å². The summed E-state index contributed by atoms with van der Waals surface area (Å²) in [5.74, 6) is 0.236. The molecule has 1 atom stereocenters. The first-order chi connectivity index (χ1) is 13.0. The summed E-state index contributed by atoms with van der Waals surface area (Å²) in [5.41, 5.74) is 9.76. The first kappa shape index (κ1) is 17.7. The lowest BCUT2D eigenvalue weighted by atomic mass is 9.84. The zero-order chi connectivity index (χ0) is 19.1. The topological polar surface area (TPSA) is 76.9 Å². The third kappa shape index (κ3) is 2.99. The van der Waals surface area contributed by atoms with Crippen LogP contribution in [0.15, 0.2) is 64.5 Å². The molecule has 0 bridgehead atoms. The molecule has 0 aliphatic carbocycles. The highest BCUT2D eigenvalue weighted by Crippen LogP contribution is 2.44. The van der Waals surface area contributed by atoms with Crippen molar-refractivity contribution in [1.82, 2.24) is 9.78 Å². The average Bonchev–Trinajstić information content (AvgIpc) is 2.97. The van der Waals surface area contributed by atoms with Gasteiger partial charge in [-0.1, -0.05) is 45.7 Å². The Morgan fingerprint density at radius 1 is 1.26 bits per heavy atom. The first-order valence-corrected chi connectivity index (χ1v) is 9.35. The van der Waals surface area contributed by atoms with Crippen LogP contribution in [-0.4, -0.2) is 9.78 Å². The second-order valence-electron chi connectivity index (χ2n) is 6.17. The van der Waals surface area contributed by atoms with Crippen LogP contribution in [0.25, 0.3) is 5.69 Å². The Hall–Kier alpha value is -2.75. The Labute approximate surface area is 169 Å². The maximum atomic E-state index is 9.70. The molecule has 134 valence electrons. The number of nitrogens with two attached hydrogens (primary N) is 1. The highest BCUT2D eigenvalue weighted by atomic mass is 79.9. The fourth-order valence-corrected chi connectivity index (χ4v) is 3.73. The molecule has 0 spiro atoms. The third-order valence-electron chi connectivity index (χ3n) is 4.49. The van der Waals surface area contributed by atoms with E-state index in [2.05, 4.69) is 27.1 Å². The standard InChI is InChI=1S/C20H14BrClN4O/c1-11-17-18(12-5-7-13(21)8-6-12)16(10-23)19(24)27-20(17)26(25-11)15-4-2-3-14(22)9-15/h2-9,18H,24H2,1H3. The molecule has 0 amide bonds. The predicted molar refractivity (Wildman–Crippen MR) is 107 cm³/mol. The van der Waals surface area contributed by atoms with E-state index in [1.165, 1.54) is 0 Å². The number of benzene rings is 2. The number of allylic oxidation sites excluding steroid dienone is 1. The lowest BCUT2D eigenvalue weighted by Crippen LogP contribution is -2.22. The predicted octanol–water partition coefficient (Wildman–Crippen LogP) is 4.81. The van der Waals surface area contributed by atoms with Crippen LogP contribution < -0.4 is 10.5 Å². The lowest BCUT2D eigenvalue weighted by molar-refractivity contribution is 0.367. The molecule has 3 aromatic rings. The van der Waals surface area contributed by atoms with Crippen LogP contribution in [0.4, 0.5) is 0 Å². The second-order valence-corrected chi connectivity index (χ2v) is 7.52. The molecule has 0 fully saturated rings. The van der Waals surface area contributed by atoms with Crippen LogP contribution in [0.1, 0.15) is 22.7 Å². The summed E-state index contributed by atoms with van der Waals surface area (Å²) < 4.78 is 8.47. The van der Waals surface area contributed by atoms with Crippen LogP contribution in [0.5, 0.6) is 5.88 Å². The van der Waals surface area contributed by atoms with Gasteiger partial charge in [-0.05, 0) is 42.8 Å². The number of aryl methyl sites for hydroxylation is 1. The number of hydrogen-bond donors (Lipinski definition) is 1. The minimum Gasteiger partial charge on any atom is -0.422 e. The largest absolute Gasteiger partial charge is 0.422 e. The van der Waals surface area contributed by atoms with Crippen LogP contribution >= 0.6 is 27.5 Å². The fourth-order valence-electron chi connectivity index (χ4n) is 3.29. The molecule has 2 aromatic carbocycles. The van der Waals surface area contributed by atoms with Crippen molar-refractivity contribution in [2.24, 2.45) is 5.73 Å². The molecule has 5 nitrogen and oxygen atoms in total. The maximum Gasteiger partial charge on any atom is 0.229 e. The SMILES string of the molecule is Cc1nn(-c2cccc(Cl)c2)c2c1C(c1ccc(Br)cc1)C(C#N)=C(N)O2. The monoisotopic (exact) mass is 440 g/mol. The fraction of sp³-hybridized carbons (Fsp3) is 0.100. The zero-order valence-electron chi connectivity index (χ0n) is 14.3. The molecule has 1 aliphatic rings. The van der Waals surface area contributed by atoms with Gasteiger partial charge in [0, 0.05) is 9.50 Å². The molecule has 0 saturated heterocycles. The van der Waals surface area contributed by atoms with E-state index >= 15 is 0 Å². The number of nitrogens with zero attached hydrogens (tertiary/aromatic N) is 3. The molecule has 1 aliphatic heterocycles. The van der Waals surface area contributed by atoms with Gasteiger partial charge in [0.25, 0.3) is 0 Å². The van der Waals surface area contributed by atoms with Gasteiger partial charge in [0.2, 0.25) is 11.8 Å². The van der Waals surface area contributed by atoms with Gasteiger partial charge >= 0.3 is 0 Å². The van der Waals surface area contributed by atoms with Gasteiger partial charge in [0.1, 0.15) is 11.6 Å². The van der Waals surface area contributed by atoms with E-state index in [4.69, 9.17) is 22.1 Å². The lowest BCUT2D eigenvalue weighted by Gasteiger charge is -2.25. The maximum absolute atomic E-state index is 9.70. The van der Waals surface area contributed by atoms with Crippen LogP contribution in [0, 0.1) is 18.3 Å². The van der Waals surface area contributed by atoms with E-state index in [1.54, 1.807) is 16.8 Å². The molecule has 1 unspecified atom stereocenters. The van der Waals surface area contributed by atoms with Crippen molar-refractivity contribution < 1.29 is 4.74 Å². The Balaban J connectivity index is 1.95. The van der Waals surface area contributed by atoms with E-state index in [-0.39, 0.29) is 11.8 Å². The Morgan fingerprint density at radius 3 is 2.67 bits per heavy atom. The normalized spacial score (nSPS) is 15.9. The number of nitriles is 1. The Morgan fingerprint density at radius 2 is 2.00 bits per heavy atom. The van der Waals surface area contributed by atoms with Crippen molar-refractivity contribution in [1.29, 1.82) is 5.26 Å². The first-order valence-electron chi connectivity index (χ1n) is 8.18. The van der Waals surface area contributed by atoms with Gasteiger partial charge in [-0.25, -0.2) is 4.68 Å². The molecule has 4 rings (SSSR count). The van der Waals surface area contributed by atoms with Crippen molar-refractivity contribution >= 4 is 27.5 Å². The number of rotatable bonds is 2. The van der Waals surface area contributed by atoms with Crippen LogP contribution in [0.3, 0.4) is 0 Å². The van der Waals surface area contributed by atoms with E-state index in [1.807, 2.05) is 43.3 Å². The van der Waals surface area contributed by atoms with Gasteiger partial charge in [0.05, 0.1) is 22.9 Å². The minimum atomic E-state index is -0.347. The van der Waals surface area contributed by atoms with Gasteiger partial charge in [-0.2, -0.15) is 10.4 Å². The van der Waals surface area contributed by atoms with E-state index < -0.39 is 0 Å². The summed E-state index contributed by atoms with van der Waals surface area (Å²) in [7, 11) is 0. The van der Waals surface area contributed by atoms with Gasteiger partial charge in [-0.3, -0.25) is 0 Å². The smallest absolute Gasteiger partial charge is 0.229 e. The summed E-state index contributed by atoms with van der Waals surface area (Å²) in [6.45, 7) is 1.89. The number of aromatic nitrogens is 2. The summed E-state index contributed by atoms with van der Waals surface area (Å²) in [6, 6.07) is 17.3. The van der Waals surface area contributed by atoms with Crippen LogP contribution in [-0.2, 0) is 0 Å². The van der Waals surface area contributed by atoms with Gasteiger partial charge in [-0.15, -0.1) is 0 Å². The molecule has 1 aromatic heterocycles. The van der Waals surface area contributed by atoms with E-state index in [0.29, 0.717) is 16.5 Å². The summed E-state index contributed by atoms with van der Waals surface area (Å²) in [4.78, 5) is 0.